The molecule has 0 atom stereocenters. The molecule has 3 aromatic rings. The van der Waals surface area contributed by atoms with Crippen LogP contribution in [-0.4, -0.2) is 25.6 Å². The van der Waals surface area contributed by atoms with Crippen LogP contribution in [0.5, 0.6) is 0 Å². The molecule has 1 heterocycles. The van der Waals surface area contributed by atoms with Gasteiger partial charge in [-0.1, -0.05) is 30.3 Å². The minimum atomic E-state index is -3.34. The van der Waals surface area contributed by atoms with Crippen molar-refractivity contribution in [2.45, 2.75) is 0 Å². The number of sulfonamides is 1. The first-order chi connectivity index (χ1) is 11.9. The van der Waals surface area contributed by atoms with Gasteiger partial charge >= 0.3 is 0 Å². The third-order valence-corrected chi connectivity index (χ3v) is 4.61. The summed E-state index contributed by atoms with van der Waals surface area (Å²) < 4.78 is 24.7. The molecule has 0 saturated carbocycles. The van der Waals surface area contributed by atoms with Gasteiger partial charge in [-0.3, -0.25) is 14.8 Å². The molecule has 2 aromatic carbocycles. The van der Waals surface area contributed by atoms with E-state index >= 15 is 0 Å². The molecule has 0 unspecified atom stereocenters. The first kappa shape index (κ1) is 17.1. The molecular weight excluding hydrogens is 358 g/mol. The van der Waals surface area contributed by atoms with E-state index in [1.807, 2.05) is 35.7 Å². The maximum atomic E-state index is 12.3. The molecule has 0 spiro atoms. The second-order valence-electron chi connectivity index (χ2n) is 5.31. The Morgan fingerprint density at radius 2 is 1.72 bits per heavy atom. The summed E-state index contributed by atoms with van der Waals surface area (Å²) >= 11 is 1.34. The SMILES string of the molecule is CS(=O)(=O)Nc1ccc(C(=O)Nc2nc(-c3ccccc3)cs2)cc1. The number of hydrogen-bond donors (Lipinski definition) is 2. The summed E-state index contributed by atoms with van der Waals surface area (Å²) in [7, 11) is -3.34. The van der Waals surface area contributed by atoms with Gasteiger partial charge in [0.2, 0.25) is 10.0 Å². The predicted octanol–water partition coefficient (Wildman–Crippen LogP) is 3.43. The van der Waals surface area contributed by atoms with E-state index in [0.717, 1.165) is 17.5 Å². The standard InChI is InChI=1S/C17H15N3O3S2/c1-25(22,23)20-14-9-7-13(8-10-14)16(21)19-17-18-15(11-24-17)12-5-3-2-4-6-12/h2-11,20H,1H3,(H,18,19,21). The second-order valence-corrected chi connectivity index (χ2v) is 7.92. The van der Waals surface area contributed by atoms with Crippen molar-refractivity contribution < 1.29 is 13.2 Å². The molecule has 0 aliphatic heterocycles. The number of rotatable bonds is 5. The monoisotopic (exact) mass is 373 g/mol. The van der Waals surface area contributed by atoms with Crippen LogP contribution in [0.25, 0.3) is 11.3 Å². The highest BCUT2D eigenvalue weighted by atomic mass is 32.2. The number of anilines is 2. The Kier molecular flexibility index (Phi) is 4.82. The largest absolute Gasteiger partial charge is 0.298 e. The molecule has 0 bridgehead atoms. The second kappa shape index (κ2) is 7.04. The van der Waals surface area contributed by atoms with Crippen molar-refractivity contribution in [3.63, 3.8) is 0 Å². The average Bonchev–Trinajstić information content (AvgIpc) is 3.03. The van der Waals surface area contributed by atoms with Crippen LogP contribution in [0.15, 0.2) is 60.0 Å². The van der Waals surface area contributed by atoms with Crippen LogP contribution in [0, 0.1) is 0 Å². The van der Waals surface area contributed by atoms with Crippen molar-refractivity contribution in [2.75, 3.05) is 16.3 Å². The average molecular weight is 373 g/mol. The van der Waals surface area contributed by atoms with Crippen molar-refractivity contribution in [3.8, 4) is 11.3 Å². The highest BCUT2D eigenvalue weighted by Gasteiger charge is 2.10. The topological polar surface area (TPSA) is 88.2 Å². The lowest BCUT2D eigenvalue weighted by Gasteiger charge is -2.05. The van der Waals surface area contributed by atoms with Gasteiger partial charge in [0.25, 0.3) is 5.91 Å². The Morgan fingerprint density at radius 1 is 1.04 bits per heavy atom. The molecule has 8 heteroatoms. The Hall–Kier alpha value is -2.71. The van der Waals surface area contributed by atoms with Gasteiger partial charge in [0, 0.05) is 22.2 Å². The molecule has 1 aromatic heterocycles. The van der Waals surface area contributed by atoms with Gasteiger partial charge in [0.15, 0.2) is 5.13 Å². The van der Waals surface area contributed by atoms with E-state index in [2.05, 4.69) is 15.0 Å². The molecule has 6 nitrogen and oxygen atoms in total. The van der Waals surface area contributed by atoms with Gasteiger partial charge in [-0.05, 0) is 24.3 Å². The van der Waals surface area contributed by atoms with Crippen LogP contribution in [-0.2, 0) is 10.0 Å². The lowest BCUT2D eigenvalue weighted by molar-refractivity contribution is 0.102. The zero-order valence-electron chi connectivity index (χ0n) is 13.3. The lowest BCUT2D eigenvalue weighted by Crippen LogP contribution is -2.12. The van der Waals surface area contributed by atoms with E-state index < -0.39 is 10.0 Å². The zero-order valence-corrected chi connectivity index (χ0v) is 14.9. The smallest absolute Gasteiger partial charge is 0.257 e. The summed E-state index contributed by atoms with van der Waals surface area (Å²) in [6, 6.07) is 15.9. The summed E-state index contributed by atoms with van der Waals surface area (Å²) in [4.78, 5) is 16.7. The van der Waals surface area contributed by atoms with Gasteiger partial charge in [0.05, 0.1) is 11.9 Å². The van der Waals surface area contributed by atoms with Crippen LogP contribution in [0.1, 0.15) is 10.4 Å². The predicted molar refractivity (Wildman–Crippen MR) is 100 cm³/mol. The number of nitrogens with one attached hydrogen (secondary N) is 2. The van der Waals surface area contributed by atoms with Crippen molar-refractivity contribution in [2.24, 2.45) is 0 Å². The van der Waals surface area contributed by atoms with Crippen LogP contribution in [0.3, 0.4) is 0 Å². The van der Waals surface area contributed by atoms with Crippen molar-refractivity contribution in [1.29, 1.82) is 0 Å². The molecule has 2 N–H and O–H groups in total. The van der Waals surface area contributed by atoms with Gasteiger partial charge in [-0.25, -0.2) is 13.4 Å². The molecule has 0 radical (unpaired) electrons. The minimum Gasteiger partial charge on any atom is -0.298 e. The maximum absolute atomic E-state index is 12.3. The molecule has 0 fully saturated rings. The number of benzene rings is 2. The number of nitrogens with zero attached hydrogens (tertiary/aromatic N) is 1. The third kappa shape index (κ3) is 4.65. The Morgan fingerprint density at radius 3 is 2.36 bits per heavy atom. The molecule has 128 valence electrons. The minimum absolute atomic E-state index is 0.306. The number of amides is 1. The fourth-order valence-electron chi connectivity index (χ4n) is 2.15. The first-order valence-corrected chi connectivity index (χ1v) is 10.1. The molecule has 0 aliphatic rings. The number of carbonyl (C=O) groups excluding carboxylic acids is 1. The molecule has 0 aliphatic carbocycles. The van der Waals surface area contributed by atoms with Crippen LogP contribution < -0.4 is 10.0 Å². The Bertz CT molecular complexity index is 981. The normalized spacial score (nSPS) is 11.1. The lowest BCUT2D eigenvalue weighted by atomic mass is 10.2. The molecular formula is C17H15N3O3S2. The van der Waals surface area contributed by atoms with Gasteiger partial charge < -0.3 is 0 Å². The van der Waals surface area contributed by atoms with E-state index in [9.17, 15) is 13.2 Å². The fraction of sp³-hybridized carbons (Fsp3) is 0.0588. The Labute approximate surface area is 149 Å². The number of aromatic nitrogens is 1. The quantitative estimate of drug-likeness (QED) is 0.717. The van der Waals surface area contributed by atoms with E-state index in [0.29, 0.717) is 16.4 Å². The number of hydrogen-bond acceptors (Lipinski definition) is 5. The summed E-state index contributed by atoms with van der Waals surface area (Å²) in [6.07, 6.45) is 1.07. The number of carbonyl (C=O) groups is 1. The molecule has 25 heavy (non-hydrogen) atoms. The third-order valence-electron chi connectivity index (χ3n) is 3.24. The zero-order chi connectivity index (χ0) is 17.9. The van der Waals surface area contributed by atoms with Crippen molar-refractivity contribution >= 4 is 38.1 Å². The van der Waals surface area contributed by atoms with Crippen LogP contribution in [0.2, 0.25) is 0 Å². The van der Waals surface area contributed by atoms with E-state index in [1.54, 1.807) is 12.1 Å². The van der Waals surface area contributed by atoms with Crippen LogP contribution in [0.4, 0.5) is 10.8 Å². The highest BCUT2D eigenvalue weighted by molar-refractivity contribution is 7.92. The van der Waals surface area contributed by atoms with E-state index in [1.165, 1.54) is 23.5 Å². The Balaban J connectivity index is 1.69. The summed E-state index contributed by atoms with van der Waals surface area (Å²) in [6.45, 7) is 0. The van der Waals surface area contributed by atoms with E-state index in [-0.39, 0.29) is 5.91 Å². The first-order valence-electron chi connectivity index (χ1n) is 7.31. The molecule has 0 saturated heterocycles. The fourth-order valence-corrected chi connectivity index (χ4v) is 3.42. The molecule has 3 rings (SSSR count). The summed E-state index contributed by atoms with van der Waals surface area (Å²) in [5, 5.41) is 5.13. The van der Waals surface area contributed by atoms with Crippen molar-refractivity contribution in [1.82, 2.24) is 4.98 Å². The van der Waals surface area contributed by atoms with Crippen molar-refractivity contribution in [3.05, 3.63) is 65.5 Å². The summed E-state index contributed by atoms with van der Waals surface area (Å²) in [5.41, 5.74) is 2.60. The van der Waals surface area contributed by atoms with Gasteiger partial charge in [-0.15, -0.1) is 11.3 Å². The number of thiazole rings is 1. The van der Waals surface area contributed by atoms with Gasteiger partial charge in [-0.2, -0.15) is 0 Å². The summed E-state index contributed by atoms with van der Waals surface area (Å²) in [5.74, 6) is -0.306. The molecule has 1 amide bonds. The van der Waals surface area contributed by atoms with Crippen LogP contribution >= 0.6 is 11.3 Å². The van der Waals surface area contributed by atoms with E-state index in [4.69, 9.17) is 0 Å². The van der Waals surface area contributed by atoms with Gasteiger partial charge in [0.1, 0.15) is 0 Å². The highest BCUT2D eigenvalue weighted by Crippen LogP contribution is 2.25. The maximum Gasteiger partial charge on any atom is 0.257 e.